The highest BCUT2D eigenvalue weighted by atomic mass is 14.9. The van der Waals surface area contributed by atoms with Crippen LogP contribution in [-0.4, -0.2) is 11.0 Å². The SMILES string of the molecule is Cc1cc2nc(C(C)C)cc(CNC3CCCC3)c2cc1C. The Balaban J connectivity index is 1.98. The predicted molar refractivity (Wildman–Crippen MR) is 94.4 cm³/mol. The number of hydrogen-bond acceptors (Lipinski definition) is 2. The minimum atomic E-state index is 0.469. The van der Waals surface area contributed by atoms with Crippen molar-refractivity contribution in [2.24, 2.45) is 0 Å². The molecule has 1 heterocycles. The van der Waals surface area contributed by atoms with E-state index < -0.39 is 0 Å². The average Bonchev–Trinajstić information content (AvgIpc) is 2.99. The van der Waals surface area contributed by atoms with Crippen LogP contribution >= 0.6 is 0 Å². The summed E-state index contributed by atoms with van der Waals surface area (Å²) in [4.78, 5) is 4.89. The second-order valence-electron chi connectivity index (χ2n) is 7.18. The van der Waals surface area contributed by atoms with E-state index in [0.29, 0.717) is 12.0 Å². The summed E-state index contributed by atoms with van der Waals surface area (Å²) in [7, 11) is 0. The van der Waals surface area contributed by atoms with E-state index >= 15 is 0 Å². The van der Waals surface area contributed by atoms with Gasteiger partial charge in [-0.05, 0) is 67.5 Å². The molecule has 3 rings (SSSR count). The molecule has 1 aliphatic rings. The van der Waals surface area contributed by atoms with Crippen LogP contribution in [0.15, 0.2) is 18.2 Å². The molecular weight excluding hydrogens is 268 g/mol. The summed E-state index contributed by atoms with van der Waals surface area (Å²) in [6.07, 6.45) is 5.42. The van der Waals surface area contributed by atoms with Crippen molar-refractivity contribution >= 4 is 10.9 Å². The van der Waals surface area contributed by atoms with E-state index in [2.05, 4.69) is 51.2 Å². The molecule has 1 fully saturated rings. The molecule has 0 saturated heterocycles. The smallest absolute Gasteiger partial charge is 0.0711 e. The summed E-state index contributed by atoms with van der Waals surface area (Å²) in [5.74, 6) is 0.469. The zero-order valence-corrected chi connectivity index (χ0v) is 14.4. The lowest BCUT2D eigenvalue weighted by Crippen LogP contribution is -2.25. The monoisotopic (exact) mass is 296 g/mol. The van der Waals surface area contributed by atoms with Crippen LogP contribution in [0.3, 0.4) is 0 Å². The number of pyridine rings is 1. The van der Waals surface area contributed by atoms with Gasteiger partial charge in [-0.3, -0.25) is 4.98 Å². The number of nitrogens with zero attached hydrogens (tertiary/aromatic N) is 1. The van der Waals surface area contributed by atoms with Gasteiger partial charge in [0.15, 0.2) is 0 Å². The van der Waals surface area contributed by atoms with Gasteiger partial charge in [0.1, 0.15) is 0 Å². The standard InChI is InChI=1S/C20H28N2/c1-13(2)19-11-16(12-21-17-7-5-6-8-17)18-9-14(3)15(4)10-20(18)22-19/h9-11,13,17,21H,5-8,12H2,1-4H3. The third-order valence-electron chi connectivity index (χ3n) is 5.06. The molecule has 1 aliphatic carbocycles. The number of aromatic nitrogens is 1. The summed E-state index contributed by atoms with van der Waals surface area (Å²) in [5.41, 5.74) is 6.45. The molecule has 0 spiro atoms. The zero-order chi connectivity index (χ0) is 15.7. The fourth-order valence-electron chi connectivity index (χ4n) is 3.40. The van der Waals surface area contributed by atoms with Crippen LogP contribution in [0.4, 0.5) is 0 Å². The van der Waals surface area contributed by atoms with Crippen LogP contribution in [-0.2, 0) is 6.54 Å². The van der Waals surface area contributed by atoms with Crippen molar-refractivity contribution in [3.63, 3.8) is 0 Å². The van der Waals surface area contributed by atoms with Crippen LogP contribution in [0.1, 0.15) is 67.8 Å². The first-order chi connectivity index (χ1) is 10.5. The third kappa shape index (κ3) is 3.17. The van der Waals surface area contributed by atoms with Crippen LogP contribution in [0.5, 0.6) is 0 Å². The van der Waals surface area contributed by atoms with E-state index in [1.165, 1.54) is 53.5 Å². The molecule has 2 aromatic rings. The van der Waals surface area contributed by atoms with Crippen LogP contribution < -0.4 is 5.32 Å². The lowest BCUT2D eigenvalue weighted by molar-refractivity contribution is 0.525. The molecule has 0 unspecified atom stereocenters. The number of fused-ring (bicyclic) bond motifs is 1. The van der Waals surface area contributed by atoms with E-state index in [0.717, 1.165) is 12.1 Å². The summed E-state index contributed by atoms with van der Waals surface area (Å²) in [6.45, 7) is 9.78. The molecule has 1 aromatic carbocycles. The van der Waals surface area contributed by atoms with Crippen molar-refractivity contribution in [1.82, 2.24) is 10.3 Å². The molecule has 0 radical (unpaired) electrons. The Labute approximate surface area is 134 Å². The number of nitrogens with one attached hydrogen (secondary N) is 1. The van der Waals surface area contributed by atoms with Crippen molar-refractivity contribution in [1.29, 1.82) is 0 Å². The molecule has 2 nitrogen and oxygen atoms in total. The first kappa shape index (κ1) is 15.5. The molecule has 0 bridgehead atoms. The molecule has 22 heavy (non-hydrogen) atoms. The Morgan fingerprint density at radius 1 is 1.09 bits per heavy atom. The van der Waals surface area contributed by atoms with Gasteiger partial charge in [-0.25, -0.2) is 0 Å². The topological polar surface area (TPSA) is 24.9 Å². The summed E-state index contributed by atoms with van der Waals surface area (Å²) >= 11 is 0. The highest BCUT2D eigenvalue weighted by Gasteiger charge is 2.15. The van der Waals surface area contributed by atoms with Crippen molar-refractivity contribution < 1.29 is 0 Å². The van der Waals surface area contributed by atoms with Gasteiger partial charge in [0, 0.05) is 23.7 Å². The molecular formula is C20H28N2. The van der Waals surface area contributed by atoms with E-state index in [1.807, 2.05) is 0 Å². The maximum absolute atomic E-state index is 4.89. The molecule has 2 heteroatoms. The van der Waals surface area contributed by atoms with Gasteiger partial charge < -0.3 is 5.32 Å². The lowest BCUT2D eigenvalue weighted by Gasteiger charge is -2.16. The fourth-order valence-corrected chi connectivity index (χ4v) is 3.40. The first-order valence-corrected chi connectivity index (χ1v) is 8.68. The highest BCUT2D eigenvalue weighted by Crippen LogP contribution is 2.26. The van der Waals surface area contributed by atoms with Gasteiger partial charge in [-0.2, -0.15) is 0 Å². The molecule has 0 atom stereocenters. The lowest BCUT2D eigenvalue weighted by atomic mass is 9.99. The maximum Gasteiger partial charge on any atom is 0.0711 e. The normalized spacial score (nSPS) is 16.0. The molecule has 0 amide bonds. The number of benzene rings is 1. The van der Waals surface area contributed by atoms with Crippen molar-refractivity contribution in [3.05, 3.63) is 40.6 Å². The Morgan fingerprint density at radius 3 is 2.45 bits per heavy atom. The molecule has 1 saturated carbocycles. The van der Waals surface area contributed by atoms with E-state index in [1.54, 1.807) is 0 Å². The van der Waals surface area contributed by atoms with Gasteiger partial charge in [0.25, 0.3) is 0 Å². The van der Waals surface area contributed by atoms with Gasteiger partial charge in [0.05, 0.1) is 5.52 Å². The Kier molecular flexibility index (Phi) is 4.49. The van der Waals surface area contributed by atoms with Crippen LogP contribution in [0.2, 0.25) is 0 Å². The second-order valence-corrected chi connectivity index (χ2v) is 7.18. The van der Waals surface area contributed by atoms with E-state index in [9.17, 15) is 0 Å². The maximum atomic E-state index is 4.89. The number of aryl methyl sites for hydroxylation is 2. The van der Waals surface area contributed by atoms with Crippen LogP contribution in [0, 0.1) is 13.8 Å². The molecule has 118 valence electrons. The largest absolute Gasteiger partial charge is 0.310 e. The zero-order valence-electron chi connectivity index (χ0n) is 14.4. The van der Waals surface area contributed by atoms with Gasteiger partial charge in [-0.1, -0.05) is 26.7 Å². The second kappa shape index (κ2) is 6.37. The summed E-state index contributed by atoms with van der Waals surface area (Å²) < 4.78 is 0. The number of hydrogen-bond donors (Lipinski definition) is 1. The fraction of sp³-hybridized carbons (Fsp3) is 0.550. The minimum absolute atomic E-state index is 0.469. The summed E-state index contributed by atoms with van der Waals surface area (Å²) in [5, 5.41) is 5.08. The Morgan fingerprint density at radius 2 is 1.77 bits per heavy atom. The van der Waals surface area contributed by atoms with Gasteiger partial charge in [0.2, 0.25) is 0 Å². The van der Waals surface area contributed by atoms with E-state index in [-0.39, 0.29) is 0 Å². The molecule has 1 N–H and O–H groups in total. The summed E-state index contributed by atoms with van der Waals surface area (Å²) in [6, 6.07) is 7.57. The van der Waals surface area contributed by atoms with Crippen molar-refractivity contribution in [2.75, 3.05) is 0 Å². The minimum Gasteiger partial charge on any atom is -0.310 e. The third-order valence-corrected chi connectivity index (χ3v) is 5.06. The highest BCUT2D eigenvalue weighted by molar-refractivity contribution is 5.84. The predicted octanol–water partition coefficient (Wildman–Crippen LogP) is 5.01. The Hall–Kier alpha value is -1.41. The first-order valence-electron chi connectivity index (χ1n) is 8.68. The quantitative estimate of drug-likeness (QED) is 0.858. The van der Waals surface area contributed by atoms with Crippen molar-refractivity contribution in [3.8, 4) is 0 Å². The van der Waals surface area contributed by atoms with Crippen LogP contribution in [0.25, 0.3) is 10.9 Å². The van der Waals surface area contributed by atoms with Gasteiger partial charge >= 0.3 is 0 Å². The van der Waals surface area contributed by atoms with E-state index in [4.69, 9.17) is 4.98 Å². The number of rotatable bonds is 4. The van der Waals surface area contributed by atoms with Gasteiger partial charge in [-0.15, -0.1) is 0 Å². The van der Waals surface area contributed by atoms with Crippen molar-refractivity contribution in [2.45, 2.75) is 71.9 Å². The molecule has 1 aromatic heterocycles. The molecule has 0 aliphatic heterocycles. The Bertz CT molecular complexity index is 667. The average molecular weight is 296 g/mol.